The Kier molecular flexibility index (Phi) is 9.94. The predicted molar refractivity (Wildman–Crippen MR) is 132 cm³/mol. The van der Waals surface area contributed by atoms with Crippen molar-refractivity contribution in [3.63, 3.8) is 0 Å². The van der Waals surface area contributed by atoms with Crippen LogP contribution in [-0.2, 0) is 14.3 Å². The van der Waals surface area contributed by atoms with Gasteiger partial charge in [-0.05, 0) is 85.4 Å². The number of nitrogens with zero attached hydrogens (tertiary/aromatic N) is 1. The molecule has 0 radical (unpaired) electrons. The summed E-state index contributed by atoms with van der Waals surface area (Å²) in [6, 6.07) is 4.17. The number of benzene rings is 1. The molecule has 0 aliphatic carbocycles. The first-order chi connectivity index (χ1) is 15.1. The van der Waals surface area contributed by atoms with Gasteiger partial charge < -0.3 is 20.3 Å². The van der Waals surface area contributed by atoms with Gasteiger partial charge in [0.1, 0.15) is 17.7 Å². The molecule has 0 aromatic heterocycles. The summed E-state index contributed by atoms with van der Waals surface area (Å²) in [6.07, 6.45) is 0.925. The number of alkyl carbamates (subject to hydrolysis) is 1. The van der Waals surface area contributed by atoms with Crippen LogP contribution in [0.15, 0.2) is 18.2 Å². The molecule has 7 heteroatoms. The molecular weight excluding hydrogens is 418 g/mol. The highest BCUT2D eigenvalue weighted by atomic mass is 16.6. The summed E-state index contributed by atoms with van der Waals surface area (Å²) in [7, 11) is 0. The Balaban J connectivity index is 3.43. The van der Waals surface area contributed by atoms with Crippen molar-refractivity contribution in [3.05, 3.63) is 34.9 Å². The second-order valence-electron chi connectivity index (χ2n) is 10.7. The highest BCUT2D eigenvalue weighted by Gasteiger charge is 2.37. The van der Waals surface area contributed by atoms with Crippen LogP contribution in [0.25, 0.3) is 0 Å². The molecule has 0 fully saturated rings. The lowest BCUT2D eigenvalue weighted by Crippen LogP contribution is -2.54. The lowest BCUT2D eigenvalue weighted by molar-refractivity contribution is -0.142. The van der Waals surface area contributed by atoms with Crippen molar-refractivity contribution in [1.29, 1.82) is 0 Å². The zero-order valence-electron chi connectivity index (χ0n) is 22.1. The van der Waals surface area contributed by atoms with Crippen LogP contribution in [-0.4, -0.2) is 46.5 Å². The van der Waals surface area contributed by atoms with Crippen LogP contribution in [0, 0.1) is 13.8 Å². The van der Waals surface area contributed by atoms with Gasteiger partial charge in [-0.15, -0.1) is 0 Å². The van der Waals surface area contributed by atoms with Gasteiger partial charge in [0.05, 0.1) is 0 Å². The van der Waals surface area contributed by atoms with E-state index in [-0.39, 0.29) is 11.8 Å². The minimum atomic E-state index is -0.856. The average Bonchev–Trinajstić information content (AvgIpc) is 2.63. The average molecular weight is 462 g/mol. The molecule has 0 spiro atoms. The lowest BCUT2D eigenvalue weighted by atomic mass is 9.92. The highest BCUT2D eigenvalue weighted by molar-refractivity contribution is 5.92. The molecule has 7 nitrogen and oxygen atoms in total. The minimum Gasteiger partial charge on any atom is -0.444 e. The summed E-state index contributed by atoms with van der Waals surface area (Å²) in [5.74, 6) is -0.570. The van der Waals surface area contributed by atoms with E-state index in [1.54, 1.807) is 32.6 Å². The second-order valence-corrected chi connectivity index (χ2v) is 10.7. The molecule has 3 amide bonds. The summed E-state index contributed by atoms with van der Waals surface area (Å²) in [5, 5.41) is 5.68. The van der Waals surface area contributed by atoms with E-state index in [4.69, 9.17) is 4.74 Å². The monoisotopic (exact) mass is 461 g/mol. The van der Waals surface area contributed by atoms with Gasteiger partial charge in [0.15, 0.2) is 0 Å². The Hall–Kier alpha value is -2.57. The highest BCUT2D eigenvalue weighted by Crippen LogP contribution is 2.29. The SMILES string of the molecule is CCCCN(C(=O)C(C)NC(=O)OC(C)(C)C)C(C(=O)NC(C)(C)C)c1c(C)cccc1C. The number of hydrogen-bond acceptors (Lipinski definition) is 4. The first-order valence-electron chi connectivity index (χ1n) is 11.8. The molecule has 0 bridgehead atoms. The van der Waals surface area contributed by atoms with Gasteiger partial charge in [0.25, 0.3) is 0 Å². The molecule has 33 heavy (non-hydrogen) atoms. The van der Waals surface area contributed by atoms with E-state index in [0.29, 0.717) is 6.54 Å². The van der Waals surface area contributed by atoms with Crippen molar-refractivity contribution in [1.82, 2.24) is 15.5 Å². The van der Waals surface area contributed by atoms with Crippen molar-refractivity contribution >= 4 is 17.9 Å². The number of aryl methyl sites for hydroxylation is 2. The Bertz CT molecular complexity index is 817. The van der Waals surface area contributed by atoms with Crippen molar-refractivity contribution in [2.75, 3.05) is 6.54 Å². The van der Waals surface area contributed by atoms with Gasteiger partial charge >= 0.3 is 6.09 Å². The third-order valence-electron chi connectivity index (χ3n) is 5.01. The first-order valence-corrected chi connectivity index (χ1v) is 11.8. The van der Waals surface area contributed by atoms with E-state index in [9.17, 15) is 14.4 Å². The van der Waals surface area contributed by atoms with E-state index in [2.05, 4.69) is 10.6 Å². The zero-order valence-corrected chi connectivity index (χ0v) is 22.1. The zero-order chi connectivity index (χ0) is 25.6. The smallest absolute Gasteiger partial charge is 0.408 e. The van der Waals surface area contributed by atoms with Gasteiger partial charge in [0, 0.05) is 12.1 Å². The van der Waals surface area contributed by atoms with Crippen LogP contribution in [0.4, 0.5) is 4.79 Å². The van der Waals surface area contributed by atoms with E-state index in [0.717, 1.165) is 29.5 Å². The first kappa shape index (κ1) is 28.5. The standard InChI is InChI=1S/C26H43N3O4/c1-11-12-16-29(23(31)19(4)27-24(32)33-26(8,9)10)21(22(30)28-25(5,6)7)20-17(2)14-13-15-18(20)3/h13-15,19,21H,11-12,16H2,1-10H3,(H,27,32)(H,28,30). The summed E-state index contributed by atoms with van der Waals surface area (Å²) in [5.41, 5.74) is 1.54. The maximum atomic E-state index is 13.6. The number of hydrogen-bond donors (Lipinski definition) is 2. The molecule has 1 aromatic rings. The van der Waals surface area contributed by atoms with Crippen molar-refractivity contribution in [2.45, 2.75) is 105 Å². The topological polar surface area (TPSA) is 87.7 Å². The van der Waals surface area contributed by atoms with Crippen molar-refractivity contribution in [2.24, 2.45) is 0 Å². The fraction of sp³-hybridized carbons (Fsp3) is 0.654. The van der Waals surface area contributed by atoms with Crippen molar-refractivity contribution < 1.29 is 19.1 Å². The molecule has 0 aliphatic heterocycles. The van der Waals surface area contributed by atoms with Crippen LogP contribution in [0.2, 0.25) is 0 Å². The van der Waals surface area contributed by atoms with E-state index < -0.39 is 29.3 Å². The van der Waals surface area contributed by atoms with Gasteiger partial charge in [-0.3, -0.25) is 9.59 Å². The Morgan fingerprint density at radius 1 is 1.03 bits per heavy atom. The van der Waals surface area contributed by atoms with Crippen LogP contribution in [0.3, 0.4) is 0 Å². The predicted octanol–water partition coefficient (Wildman–Crippen LogP) is 4.80. The largest absolute Gasteiger partial charge is 0.444 e. The minimum absolute atomic E-state index is 0.242. The van der Waals surface area contributed by atoms with Gasteiger partial charge in [-0.25, -0.2) is 4.79 Å². The Morgan fingerprint density at radius 2 is 1.58 bits per heavy atom. The van der Waals surface area contributed by atoms with Crippen LogP contribution in [0.1, 0.15) is 91.0 Å². The molecule has 0 saturated carbocycles. The Morgan fingerprint density at radius 3 is 2.03 bits per heavy atom. The number of nitrogens with one attached hydrogen (secondary N) is 2. The summed E-state index contributed by atoms with van der Waals surface area (Å²) in [6.45, 7) is 19.0. The van der Waals surface area contributed by atoms with Crippen LogP contribution in [0.5, 0.6) is 0 Å². The molecule has 0 saturated heterocycles. The molecule has 0 heterocycles. The number of ether oxygens (including phenoxy) is 1. The van der Waals surface area contributed by atoms with Gasteiger partial charge in [-0.1, -0.05) is 31.5 Å². The van der Waals surface area contributed by atoms with Crippen LogP contribution < -0.4 is 10.6 Å². The van der Waals surface area contributed by atoms with Crippen LogP contribution >= 0.6 is 0 Å². The number of carbonyl (C=O) groups excluding carboxylic acids is 3. The van der Waals surface area contributed by atoms with Crippen molar-refractivity contribution in [3.8, 4) is 0 Å². The normalized spacial score (nSPS) is 13.6. The fourth-order valence-corrected chi connectivity index (χ4v) is 3.61. The molecule has 2 N–H and O–H groups in total. The van der Waals surface area contributed by atoms with Gasteiger partial charge in [0.2, 0.25) is 11.8 Å². The molecule has 2 atom stereocenters. The number of amides is 3. The van der Waals surface area contributed by atoms with E-state index >= 15 is 0 Å². The summed E-state index contributed by atoms with van der Waals surface area (Å²) < 4.78 is 5.32. The number of unbranched alkanes of at least 4 members (excludes halogenated alkanes) is 1. The molecule has 2 unspecified atom stereocenters. The third-order valence-corrected chi connectivity index (χ3v) is 5.01. The quantitative estimate of drug-likeness (QED) is 0.582. The molecule has 0 aliphatic rings. The maximum Gasteiger partial charge on any atom is 0.408 e. The van der Waals surface area contributed by atoms with E-state index in [1.165, 1.54) is 0 Å². The van der Waals surface area contributed by atoms with E-state index in [1.807, 2.05) is 59.7 Å². The second kappa shape index (κ2) is 11.5. The number of rotatable bonds is 8. The lowest BCUT2D eigenvalue weighted by Gasteiger charge is -2.36. The summed E-state index contributed by atoms with van der Waals surface area (Å²) in [4.78, 5) is 41.1. The van der Waals surface area contributed by atoms with Gasteiger partial charge in [-0.2, -0.15) is 0 Å². The Labute approximate surface area is 199 Å². The fourth-order valence-electron chi connectivity index (χ4n) is 3.61. The summed E-state index contributed by atoms with van der Waals surface area (Å²) >= 11 is 0. The molecule has 1 aromatic carbocycles. The molecule has 1 rings (SSSR count). The third kappa shape index (κ3) is 9.06. The molecule has 186 valence electrons. The molecular formula is C26H43N3O4. The maximum absolute atomic E-state index is 13.6. The number of carbonyl (C=O) groups is 3.